The maximum absolute atomic E-state index is 12.5. The molecule has 0 aliphatic carbocycles. The molecular weight excluding hydrogens is 385 g/mol. The molecule has 0 fully saturated rings. The first kappa shape index (κ1) is 21.3. The van der Waals surface area contributed by atoms with Crippen molar-refractivity contribution in [1.82, 2.24) is 5.09 Å². The summed E-state index contributed by atoms with van der Waals surface area (Å²) in [5, 5.41) is 14.3. The molecule has 0 saturated carbocycles. The molecule has 2 unspecified atom stereocenters. The zero-order valence-electron chi connectivity index (χ0n) is 16.2. The fourth-order valence-corrected chi connectivity index (χ4v) is 4.96. The molecular formula is C23H26NO4P. The van der Waals surface area contributed by atoms with E-state index in [1.165, 1.54) is 16.3 Å². The molecule has 6 heteroatoms. The summed E-state index contributed by atoms with van der Waals surface area (Å²) in [6.45, 7) is 0. The summed E-state index contributed by atoms with van der Waals surface area (Å²) in [5.74, 6) is -1.10. The van der Waals surface area contributed by atoms with E-state index in [0.29, 0.717) is 18.4 Å². The van der Waals surface area contributed by atoms with Gasteiger partial charge in [0.05, 0.1) is 6.16 Å². The Bertz CT molecular complexity index is 1010. The Morgan fingerprint density at radius 2 is 1.59 bits per heavy atom. The van der Waals surface area contributed by atoms with Crippen molar-refractivity contribution in [3.05, 3.63) is 83.9 Å². The van der Waals surface area contributed by atoms with Crippen molar-refractivity contribution in [2.24, 2.45) is 0 Å². The highest BCUT2D eigenvalue weighted by atomic mass is 31.2. The van der Waals surface area contributed by atoms with Crippen LogP contribution in [0.5, 0.6) is 0 Å². The van der Waals surface area contributed by atoms with Gasteiger partial charge in [0.25, 0.3) is 7.52 Å². The molecule has 152 valence electrons. The van der Waals surface area contributed by atoms with Crippen molar-refractivity contribution in [2.75, 3.05) is 0 Å². The molecule has 0 saturated heterocycles. The third-order valence-corrected chi connectivity index (χ3v) is 6.43. The quantitative estimate of drug-likeness (QED) is 0.324. The first-order chi connectivity index (χ1) is 13.9. The smallest absolute Gasteiger partial charge is 0.321 e. The minimum Gasteiger partial charge on any atom is -0.480 e. The van der Waals surface area contributed by atoms with E-state index in [-0.39, 0.29) is 6.16 Å². The number of aliphatic carboxylic acids is 1. The summed E-state index contributed by atoms with van der Waals surface area (Å²) in [6.07, 6.45) is 2.54. The van der Waals surface area contributed by atoms with Crippen LogP contribution in [0.25, 0.3) is 10.8 Å². The maximum atomic E-state index is 12.5. The molecule has 29 heavy (non-hydrogen) atoms. The standard InChI is InChI=1S/C23H26NO4P/c25-23(26)22(24-29(27,28)17-19-9-2-1-3-10-19)13-7-4-8-18-14-15-20-11-5-6-12-21(20)16-18/h1-3,5-6,9-12,14-16,22H,4,7-8,13,17H2,(H,25,26)(H2,24,27,28). The predicted octanol–water partition coefficient (Wildman–Crippen LogP) is 4.98. The molecule has 3 rings (SSSR count). The molecule has 0 amide bonds. The highest BCUT2D eigenvalue weighted by Crippen LogP contribution is 2.40. The van der Waals surface area contributed by atoms with Crippen LogP contribution in [0.15, 0.2) is 72.8 Å². The van der Waals surface area contributed by atoms with E-state index in [1.807, 2.05) is 18.2 Å². The molecule has 0 aliphatic rings. The van der Waals surface area contributed by atoms with Crippen LogP contribution in [-0.2, 0) is 21.9 Å². The Morgan fingerprint density at radius 3 is 2.31 bits per heavy atom. The zero-order valence-corrected chi connectivity index (χ0v) is 17.1. The van der Waals surface area contributed by atoms with Gasteiger partial charge >= 0.3 is 5.97 Å². The van der Waals surface area contributed by atoms with Gasteiger partial charge in [0.15, 0.2) is 0 Å². The third-order valence-electron chi connectivity index (χ3n) is 4.92. The zero-order chi connectivity index (χ0) is 20.7. The van der Waals surface area contributed by atoms with Crippen LogP contribution in [0.1, 0.15) is 30.4 Å². The summed E-state index contributed by atoms with van der Waals surface area (Å²) in [4.78, 5) is 21.7. The Labute approximate surface area is 170 Å². The van der Waals surface area contributed by atoms with Crippen molar-refractivity contribution in [1.29, 1.82) is 0 Å². The first-order valence-electron chi connectivity index (χ1n) is 9.77. The molecule has 0 aromatic heterocycles. The number of rotatable bonds is 10. The van der Waals surface area contributed by atoms with Crippen LogP contribution < -0.4 is 5.09 Å². The second kappa shape index (κ2) is 9.84. The minimum atomic E-state index is -3.79. The van der Waals surface area contributed by atoms with E-state index in [0.717, 1.165) is 12.8 Å². The number of nitrogens with one attached hydrogen (secondary N) is 1. The number of hydrogen-bond acceptors (Lipinski definition) is 2. The van der Waals surface area contributed by atoms with Crippen LogP contribution in [-0.4, -0.2) is 22.0 Å². The molecule has 0 bridgehead atoms. The molecule has 2 atom stereocenters. The van der Waals surface area contributed by atoms with Crippen molar-refractivity contribution < 1.29 is 19.4 Å². The average Bonchev–Trinajstić information content (AvgIpc) is 2.70. The monoisotopic (exact) mass is 411 g/mol. The maximum Gasteiger partial charge on any atom is 0.321 e. The largest absolute Gasteiger partial charge is 0.480 e. The number of unbranched alkanes of at least 4 members (excludes halogenated alkanes) is 1. The molecule has 0 aliphatic heterocycles. The first-order valence-corrected chi connectivity index (χ1v) is 11.6. The Hall–Kier alpha value is -2.46. The average molecular weight is 411 g/mol. The minimum absolute atomic E-state index is 0.0886. The Kier molecular flexibility index (Phi) is 7.21. The number of benzene rings is 3. The van der Waals surface area contributed by atoms with Gasteiger partial charge in [-0.05, 0) is 41.2 Å². The molecule has 3 N–H and O–H groups in total. The second-order valence-electron chi connectivity index (χ2n) is 7.29. The van der Waals surface area contributed by atoms with Gasteiger partial charge in [-0.25, -0.2) is 5.09 Å². The van der Waals surface area contributed by atoms with Crippen LogP contribution >= 0.6 is 7.52 Å². The van der Waals surface area contributed by atoms with Crippen molar-refractivity contribution in [3.63, 3.8) is 0 Å². The normalized spacial score (nSPS) is 14.4. The van der Waals surface area contributed by atoms with Gasteiger partial charge in [0.2, 0.25) is 0 Å². The van der Waals surface area contributed by atoms with E-state index < -0.39 is 19.5 Å². The lowest BCUT2D eigenvalue weighted by Crippen LogP contribution is -2.34. The van der Waals surface area contributed by atoms with E-state index in [2.05, 4.69) is 35.4 Å². The molecule has 3 aromatic carbocycles. The number of aryl methyl sites for hydroxylation is 1. The molecule has 0 radical (unpaired) electrons. The van der Waals surface area contributed by atoms with Crippen LogP contribution in [0.3, 0.4) is 0 Å². The number of carbonyl (C=O) groups is 1. The third kappa shape index (κ3) is 6.53. The highest BCUT2D eigenvalue weighted by molar-refractivity contribution is 7.55. The predicted molar refractivity (Wildman–Crippen MR) is 116 cm³/mol. The fourth-order valence-electron chi connectivity index (χ4n) is 3.44. The van der Waals surface area contributed by atoms with Gasteiger partial charge in [0, 0.05) is 0 Å². The van der Waals surface area contributed by atoms with E-state index in [9.17, 15) is 19.4 Å². The van der Waals surface area contributed by atoms with E-state index in [4.69, 9.17) is 0 Å². The summed E-state index contributed by atoms with van der Waals surface area (Å²) >= 11 is 0. The molecule has 5 nitrogen and oxygen atoms in total. The van der Waals surface area contributed by atoms with Gasteiger partial charge in [-0.2, -0.15) is 0 Å². The Balaban J connectivity index is 1.51. The van der Waals surface area contributed by atoms with Crippen LogP contribution in [0, 0.1) is 0 Å². The van der Waals surface area contributed by atoms with Crippen LogP contribution in [0.2, 0.25) is 0 Å². The van der Waals surface area contributed by atoms with Crippen molar-refractivity contribution in [3.8, 4) is 0 Å². The highest BCUT2D eigenvalue weighted by Gasteiger charge is 2.27. The van der Waals surface area contributed by atoms with Gasteiger partial charge in [-0.3, -0.25) is 9.36 Å². The Morgan fingerprint density at radius 1 is 0.897 bits per heavy atom. The fraction of sp³-hybridized carbons (Fsp3) is 0.261. The van der Waals surface area contributed by atoms with Crippen LogP contribution in [0.4, 0.5) is 0 Å². The number of carboxylic acid groups (broad SMARTS) is 1. The SMILES string of the molecule is O=C(O)C(CCCCc1ccc2ccccc2c1)NP(=O)(O)Cc1ccccc1. The summed E-state index contributed by atoms with van der Waals surface area (Å²) in [6, 6.07) is 22.4. The number of hydrogen-bond donors (Lipinski definition) is 3. The van der Waals surface area contributed by atoms with E-state index in [1.54, 1.807) is 24.3 Å². The van der Waals surface area contributed by atoms with Gasteiger partial charge in [0.1, 0.15) is 6.04 Å². The lowest BCUT2D eigenvalue weighted by atomic mass is 10.0. The van der Waals surface area contributed by atoms with Crippen molar-refractivity contribution >= 4 is 24.3 Å². The lowest BCUT2D eigenvalue weighted by molar-refractivity contribution is -0.139. The topological polar surface area (TPSA) is 86.6 Å². The summed E-state index contributed by atoms with van der Waals surface area (Å²) < 4.78 is 12.5. The van der Waals surface area contributed by atoms with Crippen molar-refractivity contribution in [2.45, 2.75) is 37.9 Å². The number of carboxylic acids is 1. The van der Waals surface area contributed by atoms with Gasteiger partial charge in [-0.1, -0.05) is 79.2 Å². The van der Waals surface area contributed by atoms with E-state index >= 15 is 0 Å². The molecule has 0 heterocycles. The number of fused-ring (bicyclic) bond motifs is 1. The van der Waals surface area contributed by atoms with Gasteiger partial charge < -0.3 is 10.00 Å². The summed E-state index contributed by atoms with van der Waals surface area (Å²) in [5.41, 5.74) is 1.91. The van der Waals surface area contributed by atoms with Gasteiger partial charge in [-0.15, -0.1) is 0 Å². The molecule has 0 spiro atoms. The molecule has 3 aromatic rings. The summed E-state index contributed by atoms with van der Waals surface area (Å²) in [7, 11) is -3.79. The second-order valence-corrected chi connectivity index (χ2v) is 9.27. The lowest BCUT2D eigenvalue weighted by Gasteiger charge is -2.19.